The summed E-state index contributed by atoms with van der Waals surface area (Å²) in [7, 11) is 0. The maximum Gasteiger partial charge on any atom is 0.0894 e. The van der Waals surface area contributed by atoms with E-state index in [-0.39, 0.29) is 0 Å². The third kappa shape index (κ3) is 4.28. The fourth-order valence-electron chi connectivity index (χ4n) is 2.78. The Morgan fingerprint density at radius 3 is 1.00 bits per heavy atom. The van der Waals surface area contributed by atoms with Gasteiger partial charge in [0.25, 0.3) is 0 Å². The van der Waals surface area contributed by atoms with E-state index in [9.17, 15) is 0 Å². The van der Waals surface area contributed by atoms with E-state index in [1.807, 2.05) is 109 Å². The van der Waals surface area contributed by atoms with Gasteiger partial charge in [-0.15, -0.1) is 0 Å². The molecule has 27 heavy (non-hydrogen) atoms. The van der Waals surface area contributed by atoms with Gasteiger partial charge in [0, 0.05) is 11.4 Å². The summed E-state index contributed by atoms with van der Waals surface area (Å²) in [6.45, 7) is 0. The average molecular weight is 349 g/mol. The first-order chi connectivity index (χ1) is 13.4. The van der Waals surface area contributed by atoms with Gasteiger partial charge in [0.2, 0.25) is 0 Å². The molecule has 0 atom stereocenters. The SMILES string of the molecule is c1ccc(Nc2ccccc2)cc1.c1ccc2nc3ccccc3nc2c1. The van der Waals surface area contributed by atoms with Crippen LogP contribution in [-0.4, -0.2) is 9.97 Å². The highest BCUT2D eigenvalue weighted by Gasteiger charge is 1.98. The Morgan fingerprint density at radius 1 is 0.370 bits per heavy atom. The van der Waals surface area contributed by atoms with Gasteiger partial charge in [0.1, 0.15) is 0 Å². The van der Waals surface area contributed by atoms with Crippen LogP contribution in [0.15, 0.2) is 109 Å². The van der Waals surface area contributed by atoms with Crippen molar-refractivity contribution in [3.05, 3.63) is 109 Å². The molecule has 0 bridgehead atoms. The number of nitrogens with one attached hydrogen (secondary N) is 1. The minimum atomic E-state index is 0.950. The number of rotatable bonds is 2. The molecule has 0 aliphatic carbocycles. The highest BCUT2D eigenvalue weighted by Crippen LogP contribution is 2.15. The third-order valence-electron chi connectivity index (χ3n) is 4.08. The normalized spacial score (nSPS) is 10.2. The minimum absolute atomic E-state index is 0.950. The van der Waals surface area contributed by atoms with Crippen LogP contribution in [0, 0.1) is 0 Å². The summed E-state index contributed by atoms with van der Waals surface area (Å²) < 4.78 is 0. The van der Waals surface area contributed by atoms with Gasteiger partial charge < -0.3 is 5.32 Å². The molecule has 3 heteroatoms. The quantitative estimate of drug-likeness (QED) is 0.385. The number of benzene rings is 4. The van der Waals surface area contributed by atoms with Crippen molar-refractivity contribution in [1.29, 1.82) is 0 Å². The molecule has 4 aromatic carbocycles. The fourth-order valence-corrected chi connectivity index (χ4v) is 2.78. The molecule has 0 amide bonds. The lowest BCUT2D eigenvalue weighted by molar-refractivity contribution is 1.39. The van der Waals surface area contributed by atoms with Crippen LogP contribution in [0.4, 0.5) is 11.4 Å². The summed E-state index contributed by atoms with van der Waals surface area (Å²) in [6, 6.07) is 36.1. The van der Waals surface area contributed by atoms with Crippen LogP contribution in [0.3, 0.4) is 0 Å². The van der Waals surface area contributed by atoms with Gasteiger partial charge in [0.05, 0.1) is 22.1 Å². The van der Waals surface area contributed by atoms with E-state index in [1.165, 1.54) is 0 Å². The van der Waals surface area contributed by atoms with Crippen LogP contribution in [0.1, 0.15) is 0 Å². The van der Waals surface area contributed by atoms with Crippen molar-refractivity contribution in [3.63, 3.8) is 0 Å². The first kappa shape index (κ1) is 16.7. The van der Waals surface area contributed by atoms with E-state index in [0.29, 0.717) is 0 Å². The standard InChI is InChI=1S/C12H8N2.C12H11N/c1-2-6-10-9(5-1)13-11-7-3-4-8-12(11)14-10;1-3-7-11(8-4-1)13-12-9-5-2-6-10-12/h1-8H;1-10,13H. The number of para-hydroxylation sites is 6. The summed E-state index contributed by atoms with van der Waals surface area (Å²) in [4.78, 5) is 9.03. The molecule has 5 rings (SSSR count). The summed E-state index contributed by atoms with van der Waals surface area (Å²) in [5, 5.41) is 3.30. The van der Waals surface area contributed by atoms with E-state index in [0.717, 1.165) is 33.4 Å². The lowest BCUT2D eigenvalue weighted by Crippen LogP contribution is -1.87. The third-order valence-corrected chi connectivity index (χ3v) is 4.08. The predicted molar refractivity (Wildman–Crippen MR) is 113 cm³/mol. The largest absolute Gasteiger partial charge is 0.356 e. The van der Waals surface area contributed by atoms with E-state index < -0.39 is 0 Å². The van der Waals surface area contributed by atoms with Crippen LogP contribution in [0.5, 0.6) is 0 Å². The van der Waals surface area contributed by atoms with Crippen molar-refractivity contribution in [1.82, 2.24) is 9.97 Å². The molecule has 1 aromatic heterocycles. The second-order valence-electron chi connectivity index (χ2n) is 6.06. The van der Waals surface area contributed by atoms with Crippen molar-refractivity contribution in [2.24, 2.45) is 0 Å². The topological polar surface area (TPSA) is 37.8 Å². The molecule has 0 radical (unpaired) electrons. The van der Waals surface area contributed by atoms with Crippen LogP contribution in [0.25, 0.3) is 22.1 Å². The number of hydrogen-bond donors (Lipinski definition) is 1. The molecule has 5 aromatic rings. The predicted octanol–water partition coefficient (Wildman–Crippen LogP) is 6.21. The Hall–Kier alpha value is -3.72. The van der Waals surface area contributed by atoms with Gasteiger partial charge in [-0.2, -0.15) is 0 Å². The van der Waals surface area contributed by atoms with Crippen molar-refractivity contribution >= 4 is 33.4 Å². The average Bonchev–Trinajstić information content (AvgIpc) is 2.74. The molecule has 3 nitrogen and oxygen atoms in total. The molecule has 1 heterocycles. The molecule has 1 N–H and O–H groups in total. The molecule has 0 spiro atoms. The summed E-state index contributed by atoms with van der Waals surface area (Å²) in [6.07, 6.45) is 0. The van der Waals surface area contributed by atoms with Crippen molar-refractivity contribution in [2.75, 3.05) is 5.32 Å². The van der Waals surface area contributed by atoms with Crippen LogP contribution < -0.4 is 5.32 Å². The zero-order valence-electron chi connectivity index (χ0n) is 14.8. The van der Waals surface area contributed by atoms with E-state index in [4.69, 9.17) is 0 Å². The smallest absolute Gasteiger partial charge is 0.0894 e. The number of aromatic nitrogens is 2. The molecular formula is C24H19N3. The number of fused-ring (bicyclic) bond motifs is 2. The molecule has 0 aliphatic rings. The molecule has 0 saturated heterocycles. The fraction of sp³-hybridized carbons (Fsp3) is 0. The molecule has 130 valence electrons. The minimum Gasteiger partial charge on any atom is -0.356 e. The van der Waals surface area contributed by atoms with Crippen molar-refractivity contribution in [2.45, 2.75) is 0 Å². The van der Waals surface area contributed by atoms with Gasteiger partial charge >= 0.3 is 0 Å². The molecule has 0 unspecified atom stereocenters. The van der Waals surface area contributed by atoms with E-state index in [2.05, 4.69) is 15.3 Å². The Bertz CT molecular complexity index is 997. The number of anilines is 2. The Balaban J connectivity index is 0.000000134. The van der Waals surface area contributed by atoms with Gasteiger partial charge in [-0.1, -0.05) is 60.7 Å². The lowest BCUT2D eigenvalue weighted by atomic mass is 10.2. The van der Waals surface area contributed by atoms with Gasteiger partial charge in [-0.05, 0) is 48.5 Å². The maximum atomic E-state index is 4.52. The van der Waals surface area contributed by atoms with E-state index >= 15 is 0 Å². The second-order valence-corrected chi connectivity index (χ2v) is 6.06. The van der Waals surface area contributed by atoms with Crippen LogP contribution in [0.2, 0.25) is 0 Å². The molecular weight excluding hydrogens is 330 g/mol. The molecule has 0 aliphatic heterocycles. The summed E-state index contributed by atoms with van der Waals surface area (Å²) >= 11 is 0. The number of nitrogens with zero attached hydrogens (tertiary/aromatic N) is 2. The monoisotopic (exact) mass is 349 g/mol. The van der Waals surface area contributed by atoms with Crippen LogP contribution >= 0.6 is 0 Å². The van der Waals surface area contributed by atoms with Crippen molar-refractivity contribution < 1.29 is 0 Å². The van der Waals surface area contributed by atoms with Crippen molar-refractivity contribution in [3.8, 4) is 0 Å². The first-order valence-electron chi connectivity index (χ1n) is 8.87. The van der Waals surface area contributed by atoms with Gasteiger partial charge in [-0.25, -0.2) is 9.97 Å². The van der Waals surface area contributed by atoms with Gasteiger partial charge in [-0.3, -0.25) is 0 Å². The Labute approximate surface area is 158 Å². The summed E-state index contributed by atoms with van der Waals surface area (Å²) in [5.41, 5.74) is 6.04. The molecule has 0 saturated carbocycles. The Morgan fingerprint density at radius 2 is 0.667 bits per heavy atom. The second kappa shape index (κ2) is 8.11. The first-order valence-corrected chi connectivity index (χ1v) is 8.87. The highest BCUT2D eigenvalue weighted by atomic mass is 14.9. The molecule has 0 fully saturated rings. The van der Waals surface area contributed by atoms with Crippen LogP contribution in [-0.2, 0) is 0 Å². The highest BCUT2D eigenvalue weighted by molar-refractivity contribution is 5.85. The lowest BCUT2D eigenvalue weighted by Gasteiger charge is -2.04. The summed E-state index contributed by atoms with van der Waals surface area (Å²) in [5.74, 6) is 0. The number of hydrogen-bond acceptors (Lipinski definition) is 3. The zero-order valence-corrected chi connectivity index (χ0v) is 14.8. The zero-order chi connectivity index (χ0) is 18.3. The van der Waals surface area contributed by atoms with Gasteiger partial charge in [0.15, 0.2) is 0 Å². The maximum absolute atomic E-state index is 4.52. The van der Waals surface area contributed by atoms with E-state index in [1.54, 1.807) is 0 Å². The Kier molecular flexibility index (Phi) is 5.02.